The largest absolute Gasteiger partial charge is 0.324 e. The average molecular weight is 283 g/mol. The number of pyridine rings is 1. The third-order valence-electron chi connectivity index (χ3n) is 2.36. The minimum absolute atomic E-state index is 0.0557. The highest BCUT2D eigenvalue weighted by Gasteiger charge is 2.07. The summed E-state index contributed by atoms with van der Waals surface area (Å²) in [5, 5.41) is 2.89. The quantitative estimate of drug-likeness (QED) is 0.879. The van der Waals surface area contributed by atoms with E-state index < -0.39 is 11.6 Å². The van der Waals surface area contributed by atoms with Gasteiger partial charge >= 0.3 is 0 Å². The number of nitrogens with zero attached hydrogens (tertiary/aromatic N) is 1. The molecule has 6 heteroatoms. The number of hydrogen-bond donors (Lipinski definition) is 1. The molecule has 0 aliphatic heterocycles. The van der Waals surface area contributed by atoms with Gasteiger partial charge in [0.2, 0.25) is 5.91 Å². The number of carbonyl (C=O) groups is 1. The Morgan fingerprint density at radius 3 is 2.63 bits per heavy atom. The van der Waals surface area contributed by atoms with E-state index in [1.54, 1.807) is 6.07 Å². The monoisotopic (exact) mass is 282 g/mol. The number of nitrogens with one attached hydrogen (secondary N) is 1. The van der Waals surface area contributed by atoms with Gasteiger partial charge in [0.25, 0.3) is 0 Å². The number of halogens is 3. The van der Waals surface area contributed by atoms with Crippen molar-refractivity contribution in [3.8, 4) is 0 Å². The zero-order chi connectivity index (χ0) is 13.8. The van der Waals surface area contributed by atoms with Gasteiger partial charge in [-0.25, -0.2) is 13.8 Å². The van der Waals surface area contributed by atoms with Gasteiger partial charge in [0.1, 0.15) is 5.15 Å². The molecule has 0 bridgehead atoms. The maximum absolute atomic E-state index is 13.0. The van der Waals surface area contributed by atoms with Gasteiger partial charge in [-0.05, 0) is 29.8 Å². The van der Waals surface area contributed by atoms with E-state index in [4.69, 9.17) is 11.6 Å². The normalized spacial score (nSPS) is 10.3. The number of benzene rings is 1. The molecule has 1 aromatic heterocycles. The van der Waals surface area contributed by atoms with Gasteiger partial charge in [0, 0.05) is 0 Å². The zero-order valence-corrected chi connectivity index (χ0v) is 10.4. The molecule has 0 saturated carbocycles. The molecule has 2 aromatic rings. The summed E-state index contributed by atoms with van der Waals surface area (Å²) in [4.78, 5) is 15.5. The third-order valence-corrected chi connectivity index (χ3v) is 2.58. The number of anilines is 1. The summed E-state index contributed by atoms with van der Waals surface area (Å²) >= 11 is 5.61. The Labute approximate surface area is 113 Å². The van der Waals surface area contributed by atoms with Crippen molar-refractivity contribution in [3.05, 3.63) is 58.9 Å². The number of carbonyl (C=O) groups excluding carboxylic acids is 1. The van der Waals surface area contributed by atoms with Crippen molar-refractivity contribution in [2.24, 2.45) is 0 Å². The second-order valence-electron chi connectivity index (χ2n) is 3.84. The summed E-state index contributed by atoms with van der Waals surface area (Å²) in [6.45, 7) is 0. The molecule has 3 nitrogen and oxygen atoms in total. The molecule has 0 unspecified atom stereocenters. The first-order chi connectivity index (χ1) is 9.04. The van der Waals surface area contributed by atoms with Crippen LogP contribution in [0.5, 0.6) is 0 Å². The molecule has 1 N–H and O–H groups in total. The van der Waals surface area contributed by atoms with Crippen molar-refractivity contribution in [2.45, 2.75) is 6.42 Å². The first-order valence-corrected chi connectivity index (χ1v) is 5.78. The van der Waals surface area contributed by atoms with Crippen molar-refractivity contribution < 1.29 is 13.6 Å². The van der Waals surface area contributed by atoms with Crippen LogP contribution in [0.15, 0.2) is 36.5 Å². The first kappa shape index (κ1) is 13.4. The Bertz CT molecular complexity index is 602. The SMILES string of the molecule is O=C(Cc1ccc(F)c(F)c1)Nc1ccc(Cl)nc1. The predicted molar refractivity (Wildman–Crippen MR) is 67.9 cm³/mol. The van der Waals surface area contributed by atoms with Crippen LogP contribution in [0.2, 0.25) is 5.15 Å². The molecule has 0 radical (unpaired) electrons. The van der Waals surface area contributed by atoms with Crippen LogP contribution in [-0.4, -0.2) is 10.9 Å². The van der Waals surface area contributed by atoms with Crippen LogP contribution in [0, 0.1) is 11.6 Å². The van der Waals surface area contributed by atoms with Gasteiger partial charge in [0.15, 0.2) is 11.6 Å². The van der Waals surface area contributed by atoms with E-state index in [1.807, 2.05) is 0 Å². The molecule has 0 spiro atoms. The summed E-state index contributed by atoms with van der Waals surface area (Å²) in [6.07, 6.45) is 1.35. The Morgan fingerprint density at radius 1 is 1.21 bits per heavy atom. The lowest BCUT2D eigenvalue weighted by Crippen LogP contribution is -2.14. The summed E-state index contributed by atoms with van der Waals surface area (Å²) in [6, 6.07) is 6.47. The van der Waals surface area contributed by atoms with Gasteiger partial charge < -0.3 is 5.32 Å². The van der Waals surface area contributed by atoms with Crippen LogP contribution < -0.4 is 5.32 Å². The van der Waals surface area contributed by atoms with E-state index in [1.165, 1.54) is 18.3 Å². The molecule has 2 rings (SSSR count). The molecule has 0 aliphatic rings. The van der Waals surface area contributed by atoms with Gasteiger partial charge in [-0.15, -0.1) is 0 Å². The maximum Gasteiger partial charge on any atom is 0.228 e. The highest BCUT2D eigenvalue weighted by atomic mass is 35.5. The van der Waals surface area contributed by atoms with Gasteiger partial charge in [-0.1, -0.05) is 17.7 Å². The topological polar surface area (TPSA) is 42.0 Å². The highest BCUT2D eigenvalue weighted by molar-refractivity contribution is 6.29. The molecule has 0 saturated heterocycles. The fraction of sp³-hybridized carbons (Fsp3) is 0.0769. The summed E-state index contributed by atoms with van der Waals surface area (Å²) in [7, 11) is 0. The Balaban J connectivity index is 2.01. The zero-order valence-electron chi connectivity index (χ0n) is 9.66. The molecule has 0 aliphatic carbocycles. The van der Waals surface area contributed by atoms with E-state index >= 15 is 0 Å². The molecule has 0 fully saturated rings. The minimum Gasteiger partial charge on any atom is -0.324 e. The first-order valence-electron chi connectivity index (χ1n) is 5.40. The Morgan fingerprint density at radius 2 is 2.00 bits per heavy atom. The lowest BCUT2D eigenvalue weighted by atomic mass is 10.1. The molecule has 1 heterocycles. The summed E-state index contributed by atoms with van der Waals surface area (Å²) in [5.41, 5.74) is 0.871. The maximum atomic E-state index is 13.0. The number of rotatable bonds is 3. The molecular formula is C13H9ClF2N2O. The number of amides is 1. The molecular weight excluding hydrogens is 274 g/mol. The summed E-state index contributed by atoms with van der Waals surface area (Å²) < 4.78 is 25.7. The standard InChI is InChI=1S/C13H9ClF2N2O/c14-12-4-2-9(7-17-12)18-13(19)6-8-1-3-10(15)11(16)5-8/h1-5,7H,6H2,(H,18,19). The van der Waals surface area contributed by atoms with E-state index in [2.05, 4.69) is 10.3 Å². The molecule has 98 valence electrons. The molecule has 0 atom stereocenters. The van der Waals surface area contributed by atoms with Crippen LogP contribution in [0.1, 0.15) is 5.56 Å². The fourth-order valence-corrected chi connectivity index (χ4v) is 1.60. The molecule has 19 heavy (non-hydrogen) atoms. The van der Waals surface area contributed by atoms with Crippen LogP contribution in [0.3, 0.4) is 0 Å². The van der Waals surface area contributed by atoms with Crippen molar-refractivity contribution in [1.82, 2.24) is 4.98 Å². The van der Waals surface area contributed by atoms with Crippen LogP contribution in [0.25, 0.3) is 0 Å². The smallest absolute Gasteiger partial charge is 0.228 e. The van der Waals surface area contributed by atoms with Gasteiger partial charge in [0.05, 0.1) is 18.3 Å². The van der Waals surface area contributed by atoms with Crippen LogP contribution >= 0.6 is 11.6 Å². The Kier molecular flexibility index (Phi) is 4.06. The fourth-order valence-electron chi connectivity index (χ4n) is 1.49. The van der Waals surface area contributed by atoms with Gasteiger partial charge in [-0.3, -0.25) is 4.79 Å². The van der Waals surface area contributed by atoms with E-state index in [-0.39, 0.29) is 12.3 Å². The van der Waals surface area contributed by atoms with Gasteiger partial charge in [-0.2, -0.15) is 0 Å². The van der Waals surface area contributed by atoms with E-state index in [0.717, 1.165) is 12.1 Å². The van der Waals surface area contributed by atoms with E-state index in [0.29, 0.717) is 16.4 Å². The lowest BCUT2D eigenvalue weighted by molar-refractivity contribution is -0.115. The number of aromatic nitrogens is 1. The van der Waals surface area contributed by atoms with E-state index in [9.17, 15) is 13.6 Å². The third kappa shape index (κ3) is 3.72. The lowest BCUT2D eigenvalue weighted by Gasteiger charge is -2.05. The second kappa shape index (κ2) is 5.75. The minimum atomic E-state index is -0.974. The van der Waals surface area contributed by atoms with Crippen LogP contribution in [0.4, 0.5) is 14.5 Å². The second-order valence-corrected chi connectivity index (χ2v) is 4.23. The van der Waals surface area contributed by atoms with Crippen molar-refractivity contribution in [2.75, 3.05) is 5.32 Å². The van der Waals surface area contributed by atoms with Crippen molar-refractivity contribution in [1.29, 1.82) is 0 Å². The van der Waals surface area contributed by atoms with Crippen molar-refractivity contribution in [3.63, 3.8) is 0 Å². The Hall–Kier alpha value is -2.01. The predicted octanol–water partition coefficient (Wildman–Crippen LogP) is 3.19. The summed E-state index contributed by atoms with van der Waals surface area (Å²) in [5.74, 6) is -2.26. The van der Waals surface area contributed by atoms with Crippen LogP contribution in [-0.2, 0) is 11.2 Å². The highest BCUT2D eigenvalue weighted by Crippen LogP contribution is 2.12. The number of hydrogen-bond acceptors (Lipinski definition) is 2. The molecule has 1 amide bonds. The molecule has 1 aromatic carbocycles. The van der Waals surface area contributed by atoms with Crippen molar-refractivity contribution >= 4 is 23.2 Å². The average Bonchev–Trinajstić information content (AvgIpc) is 2.37.